The average Bonchev–Trinajstić information content (AvgIpc) is 3.15. The molecule has 0 fully saturated rings. The van der Waals surface area contributed by atoms with E-state index in [1.807, 2.05) is 6.07 Å². The third kappa shape index (κ3) is 3.39. The van der Waals surface area contributed by atoms with Gasteiger partial charge < -0.3 is 10.3 Å². The second-order valence-electron chi connectivity index (χ2n) is 4.35. The average molecular weight is 327 g/mol. The van der Waals surface area contributed by atoms with Gasteiger partial charge in [-0.1, -0.05) is 5.92 Å². The molecule has 0 bridgehead atoms. The summed E-state index contributed by atoms with van der Waals surface area (Å²) in [5, 5.41) is 11.7. The Labute approximate surface area is 135 Å². The van der Waals surface area contributed by atoms with Crippen molar-refractivity contribution in [1.29, 1.82) is 5.26 Å². The second kappa shape index (κ2) is 7.25. The number of hydrogen-bond acceptors (Lipinski definition) is 5. The number of imidazole rings is 1. The van der Waals surface area contributed by atoms with Crippen LogP contribution in [0.15, 0.2) is 17.3 Å². The Morgan fingerprint density at radius 1 is 1.65 bits per heavy atom. The number of terminal acetylenes is 1. The number of nitrogens with zero attached hydrogens (tertiary/aromatic N) is 3. The minimum absolute atomic E-state index is 0.0128. The van der Waals surface area contributed by atoms with Crippen LogP contribution in [0.1, 0.15) is 12.6 Å². The number of aromatic amines is 1. The van der Waals surface area contributed by atoms with Crippen LogP contribution in [0.25, 0.3) is 11.6 Å². The Hall–Kier alpha value is -3.10. The fourth-order valence-corrected chi connectivity index (χ4v) is 3.05. The van der Waals surface area contributed by atoms with Crippen molar-refractivity contribution in [3.05, 3.63) is 37.8 Å². The number of H-pyrrole nitrogens is 1. The van der Waals surface area contributed by atoms with Gasteiger partial charge in [-0.15, -0.1) is 17.8 Å². The van der Waals surface area contributed by atoms with E-state index in [-0.39, 0.29) is 17.7 Å². The highest BCUT2D eigenvalue weighted by Gasteiger charge is 2.14. The molecular formula is C15H13N5O2S. The minimum Gasteiger partial charge on any atom is -0.345 e. The number of hydrogen-bond donors (Lipinski definition) is 2. The summed E-state index contributed by atoms with van der Waals surface area (Å²) in [6.45, 7) is 2.12. The molecule has 2 aromatic rings. The van der Waals surface area contributed by atoms with E-state index in [4.69, 9.17) is 6.42 Å². The van der Waals surface area contributed by atoms with E-state index in [1.54, 1.807) is 19.2 Å². The molecule has 0 radical (unpaired) electrons. The summed E-state index contributed by atoms with van der Waals surface area (Å²) in [5.41, 5.74) is 0.265. The van der Waals surface area contributed by atoms with Gasteiger partial charge in [-0.2, -0.15) is 5.26 Å². The number of amides is 1. The van der Waals surface area contributed by atoms with Gasteiger partial charge in [0.05, 0.1) is 29.3 Å². The summed E-state index contributed by atoms with van der Waals surface area (Å²) in [5.74, 6) is 1.67. The van der Waals surface area contributed by atoms with Gasteiger partial charge in [0.25, 0.3) is 11.5 Å². The summed E-state index contributed by atoms with van der Waals surface area (Å²) in [4.78, 5) is 31.2. The van der Waals surface area contributed by atoms with Gasteiger partial charge in [-0.05, 0) is 13.0 Å². The number of thiazole rings is 1. The Bertz CT molecular complexity index is 967. The molecule has 0 spiro atoms. The standard InChI is InChI=1S/C15H13N5O2S/c1-3-5-18-13(21)11(7-16)15-20(4-2)14(22)12(23-15)6-10-8-17-9-19-10/h1,6,8-9H,4-5H2,2H3,(H,17,19)(H,18,21). The lowest BCUT2D eigenvalue weighted by atomic mass is 10.3. The van der Waals surface area contributed by atoms with Crippen molar-refractivity contribution >= 4 is 28.9 Å². The Morgan fingerprint density at radius 2 is 2.43 bits per heavy atom. The molecule has 116 valence electrons. The van der Waals surface area contributed by atoms with Crippen molar-refractivity contribution in [3.8, 4) is 18.4 Å². The highest BCUT2D eigenvalue weighted by molar-refractivity contribution is 7.07. The summed E-state index contributed by atoms with van der Waals surface area (Å²) < 4.78 is 2.10. The van der Waals surface area contributed by atoms with Gasteiger partial charge in [-0.25, -0.2) is 4.98 Å². The lowest BCUT2D eigenvalue weighted by Gasteiger charge is -2.00. The maximum atomic E-state index is 12.4. The quantitative estimate of drug-likeness (QED) is 0.696. The fraction of sp³-hybridized carbons (Fsp3) is 0.200. The lowest BCUT2D eigenvalue weighted by Crippen LogP contribution is -2.34. The zero-order valence-electron chi connectivity index (χ0n) is 12.3. The SMILES string of the molecule is C#CCNC(=O)C(C#N)=c1sc(=Cc2cnc[nH]2)c(=O)n1CC. The number of nitrogens with one attached hydrogen (secondary N) is 2. The van der Waals surface area contributed by atoms with Crippen LogP contribution in [0.4, 0.5) is 0 Å². The zero-order valence-corrected chi connectivity index (χ0v) is 13.1. The van der Waals surface area contributed by atoms with E-state index in [0.29, 0.717) is 21.4 Å². The number of aromatic nitrogens is 3. The summed E-state index contributed by atoms with van der Waals surface area (Å²) in [6, 6.07) is 1.85. The van der Waals surface area contributed by atoms with Gasteiger partial charge in [0, 0.05) is 6.54 Å². The predicted molar refractivity (Wildman–Crippen MR) is 86.5 cm³/mol. The first-order valence-corrected chi connectivity index (χ1v) is 7.49. The summed E-state index contributed by atoms with van der Waals surface area (Å²) in [7, 11) is 0. The number of nitriles is 1. The van der Waals surface area contributed by atoms with Crippen LogP contribution in [-0.4, -0.2) is 27.0 Å². The van der Waals surface area contributed by atoms with Crippen LogP contribution in [0.2, 0.25) is 0 Å². The van der Waals surface area contributed by atoms with Gasteiger partial charge >= 0.3 is 0 Å². The molecule has 0 aliphatic carbocycles. The molecule has 0 aromatic carbocycles. The van der Waals surface area contributed by atoms with Crippen molar-refractivity contribution < 1.29 is 4.79 Å². The fourth-order valence-electron chi connectivity index (χ4n) is 1.89. The number of carbonyl (C=O) groups is 1. The van der Waals surface area contributed by atoms with E-state index >= 15 is 0 Å². The molecule has 2 N–H and O–H groups in total. The van der Waals surface area contributed by atoms with E-state index in [2.05, 4.69) is 21.2 Å². The normalized spacial score (nSPS) is 12.4. The van der Waals surface area contributed by atoms with Crippen LogP contribution in [0, 0.1) is 23.7 Å². The Kier molecular flexibility index (Phi) is 5.13. The lowest BCUT2D eigenvalue weighted by molar-refractivity contribution is -0.115. The van der Waals surface area contributed by atoms with Crippen molar-refractivity contribution in [1.82, 2.24) is 19.9 Å². The molecule has 2 rings (SSSR count). The van der Waals surface area contributed by atoms with Gasteiger partial charge in [0.1, 0.15) is 10.7 Å². The maximum absolute atomic E-state index is 12.4. The van der Waals surface area contributed by atoms with Crippen LogP contribution >= 0.6 is 11.3 Å². The molecule has 23 heavy (non-hydrogen) atoms. The smallest absolute Gasteiger partial charge is 0.269 e. The monoisotopic (exact) mass is 327 g/mol. The zero-order chi connectivity index (χ0) is 16.8. The Balaban J connectivity index is 2.70. The first kappa shape index (κ1) is 16.3. The molecule has 0 atom stereocenters. The van der Waals surface area contributed by atoms with E-state index < -0.39 is 5.91 Å². The van der Waals surface area contributed by atoms with Crippen molar-refractivity contribution in [3.63, 3.8) is 0 Å². The molecule has 0 saturated heterocycles. The molecule has 2 heterocycles. The van der Waals surface area contributed by atoms with Crippen LogP contribution in [-0.2, 0) is 11.3 Å². The van der Waals surface area contributed by atoms with Crippen LogP contribution in [0.3, 0.4) is 0 Å². The topological polar surface area (TPSA) is 104 Å². The highest BCUT2D eigenvalue weighted by atomic mass is 32.1. The highest BCUT2D eigenvalue weighted by Crippen LogP contribution is 1.94. The van der Waals surface area contributed by atoms with Crippen molar-refractivity contribution in [2.75, 3.05) is 6.54 Å². The molecule has 8 heteroatoms. The molecule has 2 aromatic heterocycles. The van der Waals surface area contributed by atoms with E-state index in [0.717, 1.165) is 11.3 Å². The molecule has 0 unspecified atom stereocenters. The Morgan fingerprint density at radius 3 is 3.00 bits per heavy atom. The number of carbonyl (C=O) groups excluding carboxylic acids is 1. The molecular weight excluding hydrogens is 314 g/mol. The van der Waals surface area contributed by atoms with Crippen LogP contribution < -0.4 is 20.1 Å². The van der Waals surface area contributed by atoms with Gasteiger partial charge in [0.2, 0.25) is 0 Å². The van der Waals surface area contributed by atoms with Crippen molar-refractivity contribution in [2.24, 2.45) is 0 Å². The van der Waals surface area contributed by atoms with Crippen molar-refractivity contribution in [2.45, 2.75) is 13.5 Å². The molecule has 0 aliphatic heterocycles. The van der Waals surface area contributed by atoms with Gasteiger partial charge in [0.15, 0.2) is 5.57 Å². The predicted octanol–water partition coefficient (Wildman–Crippen LogP) is -1.09. The first-order chi connectivity index (χ1) is 11.1. The first-order valence-electron chi connectivity index (χ1n) is 6.68. The molecule has 0 aliphatic rings. The molecule has 1 amide bonds. The van der Waals surface area contributed by atoms with E-state index in [1.165, 1.54) is 10.9 Å². The van der Waals surface area contributed by atoms with E-state index in [9.17, 15) is 14.9 Å². The largest absolute Gasteiger partial charge is 0.345 e. The summed E-state index contributed by atoms with van der Waals surface area (Å²) >= 11 is 1.08. The molecule has 0 saturated carbocycles. The maximum Gasteiger partial charge on any atom is 0.269 e. The van der Waals surface area contributed by atoms with Gasteiger partial charge in [-0.3, -0.25) is 14.2 Å². The third-order valence-corrected chi connectivity index (χ3v) is 4.06. The summed E-state index contributed by atoms with van der Waals surface area (Å²) in [6.07, 6.45) is 9.79. The third-order valence-electron chi connectivity index (χ3n) is 2.93. The van der Waals surface area contributed by atoms with Crippen LogP contribution in [0.5, 0.6) is 0 Å². The molecule has 7 nitrogen and oxygen atoms in total. The second-order valence-corrected chi connectivity index (χ2v) is 5.38. The number of rotatable bonds is 4. The minimum atomic E-state index is -0.595.